The zero-order valence-electron chi connectivity index (χ0n) is 22.0. The smallest absolute Gasteiger partial charge is 0.338 e. The Hall–Kier alpha value is -4.77. The number of anilines is 2. The number of rotatable bonds is 10. The molecule has 0 radical (unpaired) electrons. The van der Waals surface area contributed by atoms with Crippen molar-refractivity contribution in [3.05, 3.63) is 90.8 Å². The van der Waals surface area contributed by atoms with Gasteiger partial charge in [-0.25, -0.2) is 14.6 Å². The summed E-state index contributed by atoms with van der Waals surface area (Å²) in [5, 5.41) is 3.20. The summed E-state index contributed by atoms with van der Waals surface area (Å²) in [6.07, 6.45) is 2.89. The van der Waals surface area contributed by atoms with Crippen LogP contribution in [0.4, 0.5) is 11.8 Å². The molecule has 3 heterocycles. The number of hydrogen-bond acceptors (Lipinski definition) is 10. The topological polar surface area (TPSA) is 143 Å². The van der Waals surface area contributed by atoms with Crippen molar-refractivity contribution < 1.29 is 23.8 Å². The standard InChI is InChI=1S/C29H30N6O5/c1-3-4-15-31-23-22-24(34-28(30)33-23)35(18-32-22)27-29(2,40-26(37)20-13-9-6-10-14-20)16-21(39-27)17-38-25(36)19-11-7-5-8-12-19/h3,5-14,18,21,27H,1,4,15-17H2,2H3,(H3,30,31,33,34). The summed E-state index contributed by atoms with van der Waals surface area (Å²) in [5.41, 5.74) is 6.59. The number of fused-ring (bicyclic) bond motifs is 1. The first-order chi connectivity index (χ1) is 19.4. The molecule has 3 unspecified atom stereocenters. The maximum absolute atomic E-state index is 13.1. The van der Waals surface area contributed by atoms with Crippen molar-refractivity contribution >= 4 is 34.9 Å². The summed E-state index contributed by atoms with van der Waals surface area (Å²) in [6.45, 7) is 6.05. The second-order valence-corrected chi connectivity index (χ2v) is 9.61. The van der Waals surface area contributed by atoms with Crippen LogP contribution in [0.1, 0.15) is 46.7 Å². The first-order valence-electron chi connectivity index (χ1n) is 12.9. The van der Waals surface area contributed by atoms with E-state index in [-0.39, 0.29) is 19.0 Å². The van der Waals surface area contributed by atoms with E-state index in [1.165, 1.54) is 0 Å². The zero-order chi connectivity index (χ0) is 28.1. The highest BCUT2D eigenvalue weighted by Gasteiger charge is 2.50. The molecule has 11 heteroatoms. The molecule has 5 rings (SSSR count). The minimum absolute atomic E-state index is 0.0409. The van der Waals surface area contributed by atoms with Gasteiger partial charge in [0.2, 0.25) is 5.95 Å². The van der Waals surface area contributed by atoms with Crippen molar-refractivity contribution in [3.63, 3.8) is 0 Å². The molecule has 1 fully saturated rings. The number of imidazole rings is 1. The molecule has 3 atom stereocenters. The first-order valence-corrected chi connectivity index (χ1v) is 12.9. The molecule has 1 saturated heterocycles. The lowest BCUT2D eigenvalue weighted by Gasteiger charge is -2.30. The third-order valence-corrected chi connectivity index (χ3v) is 6.55. The Morgan fingerprint density at radius 1 is 1.12 bits per heavy atom. The number of hydrogen-bond donors (Lipinski definition) is 2. The van der Waals surface area contributed by atoms with Gasteiger partial charge < -0.3 is 25.3 Å². The Labute approximate surface area is 231 Å². The zero-order valence-corrected chi connectivity index (χ0v) is 22.0. The summed E-state index contributed by atoms with van der Waals surface area (Å²) < 4.78 is 19.7. The monoisotopic (exact) mass is 542 g/mol. The largest absolute Gasteiger partial charge is 0.459 e. The molecular formula is C29H30N6O5. The fraction of sp³-hybridized carbons (Fsp3) is 0.276. The van der Waals surface area contributed by atoms with Gasteiger partial charge in [0.1, 0.15) is 6.61 Å². The molecule has 0 amide bonds. The van der Waals surface area contributed by atoms with Gasteiger partial charge in [-0.05, 0) is 37.6 Å². The maximum atomic E-state index is 13.1. The number of nitrogens with one attached hydrogen (secondary N) is 1. The average molecular weight is 543 g/mol. The Morgan fingerprint density at radius 2 is 1.80 bits per heavy atom. The van der Waals surface area contributed by atoms with E-state index in [2.05, 4.69) is 26.8 Å². The van der Waals surface area contributed by atoms with Gasteiger partial charge in [0.25, 0.3) is 0 Å². The summed E-state index contributed by atoms with van der Waals surface area (Å²) in [6, 6.07) is 17.4. The van der Waals surface area contributed by atoms with E-state index in [1.54, 1.807) is 72.4 Å². The van der Waals surface area contributed by atoms with E-state index in [0.717, 1.165) is 0 Å². The molecule has 11 nitrogen and oxygen atoms in total. The normalized spacial score (nSPS) is 20.2. The first kappa shape index (κ1) is 26.8. The molecule has 2 aromatic heterocycles. The number of carbonyl (C=O) groups excluding carboxylic acids is 2. The Morgan fingerprint density at radius 3 is 2.48 bits per heavy atom. The van der Waals surface area contributed by atoms with Crippen LogP contribution < -0.4 is 11.1 Å². The van der Waals surface area contributed by atoms with Crippen LogP contribution >= 0.6 is 0 Å². The molecule has 0 aliphatic carbocycles. The van der Waals surface area contributed by atoms with Gasteiger partial charge in [-0.2, -0.15) is 9.97 Å². The summed E-state index contributed by atoms with van der Waals surface area (Å²) in [7, 11) is 0. The Balaban J connectivity index is 1.44. The van der Waals surface area contributed by atoms with Crippen molar-refractivity contribution in [1.29, 1.82) is 0 Å². The molecule has 1 aliphatic heterocycles. The Bertz CT molecular complexity index is 1510. The number of nitrogen functional groups attached to an aromatic ring is 1. The van der Waals surface area contributed by atoms with Crippen LogP contribution in [0.15, 0.2) is 79.6 Å². The highest BCUT2D eigenvalue weighted by atomic mass is 16.6. The second kappa shape index (κ2) is 11.5. The van der Waals surface area contributed by atoms with E-state index in [0.29, 0.717) is 41.1 Å². The number of benzene rings is 2. The third-order valence-electron chi connectivity index (χ3n) is 6.55. The Kier molecular flexibility index (Phi) is 7.74. The molecule has 0 spiro atoms. The fourth-order valence-corrected chi connectivity index (χ4v) is 4.67. The van der Waals surface area contributed by atoms with Gasteiger partial charge in [-0.1, -0.05) is 42.5 Å². The van der Waals surface area contributed by atoms with E-state index < -0.39 is 29.9 Å². The van der Waals surface area contributed by atoms with Crippen molar-refractivity contribution in [3.8, 4) is 0 Å². The highest BCUT2D eigenvalue weighted by molar-refractivity contribution is 5.90. The quantitative estimate of drug-likeness (QED) is 0.170. The second-order valence-electron chi connectivity index (χ2n) is 9.61. The van der Waals surface area contributed by atoms with E-state index >= 15 is 0 Å². The average Bonchev–Trinajstić information content (AvgIpc) is 3.52. The molecular weight excluding hydrogens is 512 g/mol. The molecule has 40 heavy (non-hydrogen) atoms. The number of nitrogens with zero attached hydrogens (tertiary/aromatic N) is 4. The van der Waals surface area contributed by atoms with Crippen molar-refractivity contribution in [1.82, 2.24) is 19.5 Å². The molecule has 2 aromatic carbocycles. The van der Waals surface area contributed by atoms with Gasteiger partial charge in [0, 0.05) is 13.0 Å². The lowest BCUT2D eigenvalue weighted by molar-refractivity contribution is -0.0953. The number of nitrogens with two attached hydrogens (primary N) is 1. The lowest BCUT2D eigenvalue weighted by Crippen LogP contribution is -2.37. The predicted molar refractivity (Wildman–Crippen MR) is 149 cm³/mol. The van der Waals surface area contributed by atoms with Gasteiger partial charge in [-0.3, -0.25) is 4.57 Å². The third kappa shape index (κ3) is 5.64. The van der Waals surface area contributed by atoms with Crippen LogP contribution in [0.5, 0.6) is 0 Å². The maximum Gasteiger partial charge on any atom is 0.338 e. The predicted octanol–water partition coefficient (Wildman–Crippen LogP) is 4.16. The lowest BCUT2D eigenvalue weighted by atomic mass is 9.99. The highest BCUT2D eigenvalue weighted by Crippen LogP contribution is 2.43. The number of carbonyl (C=O) groups is 2. The minimum Gasteiger partial charge on any atom is -0.459 e. The molecule has 0 saturated carbocycles. The van der Waals surface area contributed by atoms with Crippen LogP contribution in [-0.2, 0) is 14.2 Å². The number of aromatic nitrogens is 4. The summed E-state index contributed by atoms with van der Waals surface area (Å²) >= 11 is 0. The molecule has 1 aliphatic rings. The van der Waals surface area contributed by atoms with Gasteiger partial charge in [0.15, 0.2) is 28.8 Å². The van der Waals surface area contributed by atoms with Gasteiger partial charge >= 0.3 is 11.9 Å². The van der Waals surface area contributed by atoms with E-state index in [1.807, 2.05) is 12.1 Å². The number of ether oxygens (including phenoxy) is 3. The van der Waals surface area contributed by atoms with E-state index in [4.69, 9.17) is 19.9 Å². The van der Waals surface area contributed by atoms with Crippen LogP contribution in [0, 0.1) is 0 Å². The molecule has 3 N–H and O–H groups in total. The van der Waals surface area contributed by atoms with Crippen molar-refractivity contribution in [2.45, 2.75) is 37.7 Å². The molecule has 4 aromatic rings. The molecule has 0 bridgehead atoms. The fourth-order valence-electron chi connectivity index (χ4n) is 4.67. The summed E-state index contributed by atoms with van der Waals surface area (Å²) in [5.74, 6) is -0.467. The van der Waals surface area contributed by atoms with Crippen LogP contribution in [0.3, 0.4) is 0 Å². The summed E-state index contributed by atoms with van der Waals surface area (Å²) in [4.78, 5) is 38.9. The van der Waals surface area contributed by atoms with Crippen LogP contribution in [-0.4, -0.2) is 56.3 Å². The van der Waals surface area contributed by atoms with Gasteiger partial charge in [0.05, 0.1) is 23.6 Å². The minimum atomic E-state index is -1.17. The van der Waals surface area contributed by atoms with Crippen LogP contribution in [0.25, 0.3) is 11.2 Å². The SMILES string of the molecule is C=CCCNc1nc(N)nc2c1ncn2C1OC(COC(=O)c2ccccc2)CC1(C)OC(=O)c1ccccc1. The van der Waals surface area contributed by atoms with E-state index in [9.17, 15) is 9.59 Å². The van der Waals surface area contributed by atoms with Crippen molar-refractivity contribution in [2.24, 2.45) is 0 Å². The van der Waals surface area contributed by atoms with Crippen molar-refractivity contribution in [2.75, 3.05) is 24.2 Å². The molecule has 206 valence electrons. The van der Waals surface area contributed by atoms with Crippen LogP contribution in [0.2, 0.25) is 0 Å². The number of esters is 2. The van der Waals surface area contributed by atoms with Gasteiger partial charge in [-0.15, -0.1) is 6.58 Å².